The minimum absolute atomic E-state index is 0.157. The number of hydrogen-bond donors (Lipinski definition) is 0. The molecule has 0 saturated carbocycles. The first-order valence-corrected chi connectivity index (χ1v) is 6.72. The van der Waals surface area contributed by atoms with Crippen LogP contribution in [0.3, 0.4) is 0 Å². The van der Waals surface area contributed by atoms with Crippen LogP contribution in [0.25, 0.3) is 0 Å². The lowest BCUT2D eigenvalue weighted by molar-refractivity contribution is -0.132. The second-order valence-corrected chi connectivity index (χ2v) is 5.31. The third-order valence-electron chi connectivity index (χ3n) is 2.56. The van der Waals surface area contributed by atoms with Crippen molar-refractivity contribution in [3.63, 3.8) is 0 Å². The fourth-order valence-electron chi connectivity index (χ4n) is 1.74. The number of rotatable bonds is 6. The second kappa shape index (κ2) is 6.92. The van der Waals surface area contributed by atoms with Gasteiger partial charge < -0.3 is 4.74 Å². The van der Waals surface area contributed by atoms with E-state index in [1.165, 1.54) is 0 Å². The van der Waals surface area contributed by atoms with E-state index in [0.29, 0.717) is 13.0 Å². The molecular formula is C14H19BrO2. The van der Waals surface area contributed by atoms with Crippen LogP contribution in [-0.4, -0.2) is 18.5 Å². The van der Waals surface area contributed by atoms with Gasteiger partial charge in [0.1, 0.15) is 6.10 Å². The molecule has 0 aromatic heterocycles. The topological polar surface area (TPSA) is 26.3 Å². The second-order valence-electron chi connectivity index (χ2n) is 4.39. The van der Waals surface area contributed by atoms with Crippen molar-refractivity contribution in [2.45, 2.75) is 33.3 Å². The summed E-state index contributed by atoms with van der Waals surface area (Å²) in [7, 11) is 0. The Balaban J connectivity index is 2.66. The van der Waals surface area contributed by atoms with Gasteiger partial charge in [0.15, 0.2) is 5.78 Å². The maximum atomic E-state index is 12.1. The summed E-state index contributed by atoms with van der Waals surface area (Å²) in [5.41, 5.74) is 1.03. The highest BCUT2D eigenvalue weighted by Crippen LogP contribution is 2.14. The molecule has 3 heteroatoms. The standard InChI is InChI=1S/C14H19BrO2/c1-4-17-14(10(2)3)13(16)9-11-5-7-12(15)8-6-11/h5-8,10,14H,4,9H2,1-3H3. The van der Waals surface area contributed by atoms with E-state index < -0.39 is 0 Å². The lowest BCUT2D eigenvalue weighted by atomic mass is 9.98. The fraction of sp³-hybridized carbons (Fsp3) is 0.500. The fourth-order valence-corrected chi connectivity index (χ4v) is 2.01. The van der Waals surface area contributed by atoms with Crippen molar-refractivity contribution in [3.8, 4) is 0 Å². The van der Waals surface area contributed by atoms with Crippen molar-refractivity contribution < 1.29 is 9.53 Å². The predicted molar refractivity (Wildman–Crippen MR) is 73.1 cm³/mol. The third kappa shape index (κ3) is 4.60. The predicted octanol–water partition coefficient (Wildman–Crippen LogP) is 3.62. The Morgan fingerprint density at radius 3 is 2.35 bits per heavy atom. The first-order chi connectivity index (χ1) is 8.04. The highest BCUT2D eigenvalue weighted by Gasteiger charge is 2.22. The summed E-state index contributed by atoms with van der Waals surface area (Å²) >= 11 is 3.38. The molecule has 1 aromatic carbocycles. The van der Waals surface area contributed by atoms with E-state index in [4.69, 9.17) is 4.74 Å². The molecule has 0 saturated heterocycles. The van der Waals surface area contributed by atoms with Gasteiger partial charge in [-0.2, -0.15) is 0 Å². The molecule has 0 N–H and O–H groups in total. The zero-order chi connectivity index (χ0) is 12.8. The van der Waals surface area contributed by atoms with Gasteiger partial charge in [-0.3, -0.25) is 4.79 Å². The van der Waals surface area contributed by atoms with Crippen LogP contribution >= 0.6 is 15.9 Å². The minimum atomic E-state index is -0.288. The molecule has 0 fully saturated rings. The van der Waals surface area contributed by atoms with Crippen molar-refractivity contribution >= 4 is 21.7 Å². The lowest BCUT2D eigenvalue weighted by Crippen LogP contribution is -2.31. The Hall–Kier alpha value is -0.670. The van der Waals surface area contributed by atoms with Crippen LogP contribution < -0.4 is 0 Å². The van der Waals surface area contributed by atoms with Gasteiger partial charge in [0, 0.05) is 17.5 Å². The van der Waals surface area contributed by atoms with Crippen LogP contribution in [0.5, 0.6) is 0 Å². The molecule has 0 amide bonds. The average Bonchev–Trinajstić information content (AvgIpc) is 2.28. The summed E-state index contributed by atoms with van der Waals surface area (Å²) in [5.74, 6) is 0.377. The van der Waals surface area contributed by atoms with Gasteiger partial charge in [-0.25, -0.2) is 0 Å². The van der Waals surface area contributed by atoms with E-state index in [0.717, 1.165) is 10.0 Å². The number of Topliss-reactive ketones (excluding diaryl/α,β-unsaturated/α-hetero) is 1. The molecule has 0 aliphatic rings. The molecule has 0 spiro atoms. The molecule has 1 rings (SSSR count). The summed E-state index contributed by atoms with van der Waals surface area (Å²) in [6, 6.07) is 7.83. The molecule has 0 aliphatic carbocycles. The zero-order valence-corrected chi connectivity index (χ0v) is 12.2. The van der Waals surface area contributed by atoms with Crippen LogP contribution in [0.2, 0.25) is 0 Å². The number of carbonyl (C=O) groups is 1. The van der Waals surface area contributed by atoms with Gasteiger partial charge in [-0.1, -0.05) is 41.9 Å². The van der Waals surface area contributed by atoms with E-state index in [9.17, 15) is 4.79 Å². The summed E-state index contributed by atoms with van der Waals surface area (Å²) in [4.78, 5) is 12.1. The van der Waals surface area contributed by atoms with Gasteiger partial charge in [-0.15, -0.1) is 0 Å². The maximum absolute atomic E-state index is 12.1. The molecule has 2 nitrogen and oxygen atoms in total. The highest BCUT2D eigenvalue weighted by molar-refractivity contribution is 9.10. The Labute approximate surface area is 111 Å². The molecule has 1 unspecified atom stereocenters. The first-order valence-electron chi connectivity index (χ1n) is 5.93. The molecule has 17 heavy (non-hydrogen) atoms. The third-order valence-corrected chi connectivity index (χ3v) is 3.09. The number of ether oxygens (including phenoxy) is 1. The van der Waals surface area contributed by atoms with Crippen LogP contribution in [-0.2, 0) is 16.0 Å². The Morgan fingerprint density at radius 2 is 1.88 bits per heavy atom. The van der Waals surface area contributed by atoms with Crippen LogP contribution in [0.15, 0.2) is 28.7 Å². The van der Waals surface area contributed by atoms with E-state index in [1.54, 1.807) is 0 Å². The number of halogens is 1. The normalized spacial score (nSPS) is 12.8. The summed E-state index contributed by atoms with van der Waals surface area (Å²) in [5, 5.41) is 0. The quantitative estimate of drug-likeness (QED) is 0.802. The molecule has 0 aliphatic heterocycles. The molecule has 94 valence electrons. The smallest absolute Gasteiger partial charge is 0.166 e. The number of hydrogen-bond acceptors (Lipinski definition) is 2. The highest BCUT2D eigenvalue weighted by atomic mass is 79.9. The van der Waals surface area contributed by atoms with Gasteiger partial charge in [0.25, 0.3) is 0 Å². The van der Waals surface area contributed by atoms with Crippen molar-refractivity contribution in [2.75, 3.05) is 6.61 Å². The zero-order valence-electron chi connectivity index (χ0n) is 10.6. The average molecular weight is 299 g/mol. The summed E-state index contributed by atoms with van der Waals surface area (Å²) < 4.78 is 6.53. The van der Waals surface area contributed by atoms with Crippen molar-refractivity contribution in [2.24, 2.45) is 5.92 Å². The monoisotopic (exact) mass is 298 g/mol. The van der Waals surface area contributed by atoms with E-state index in [-0.39, 0.29) is 17.8 Å². The van der Waals surface area contributed by atoms with Crippen LogP contribution in [0, 0.1) is 5.92 Å². The number of carbonyl (C=O) groups excluding carboxylic acids is 1. The summed E-state index contributed by atoms with van der Waals surface area (Å²) in [6.07, 6.45) is 0.152. The first kappa shape index (κ1) is 14.4. The molecule has 0 heterocycles. The van der Waals surface area contributed by atoms with Crippen molar-refractivity contribution in [3.05, 3.63) is 34.3 Å². The maximum Gasteiger partial charge on any atom is 0.166 e. The van der Waals surface area contributed by atoms with E-state index >= 15 is 0 Å². The largest absolute Gasteiger partial charge is 0.370 e. The lowest BCUT2D eigenvalue weighted by Gasteiger charge is -2.19. The van der Waals surface area contributed by atoms with E-state index in [2.05, 4.69) is 15.9 Å². The molecular weight excluding hydrogens is 280 g/mol. The summed E-state index contributed by atoms with van der Waals surface area (Å²) in [6.45, 7) is 6.52. The van der Waals surface area contributed by atoms with Crippen molar-refractivity contribution in [1.29, 1.82) is 0 Å². The van der Waals surface area contributed by atoms with Gasteiger partial charge in [-0.05, 0) is 30.5 Å². The van der Waals surface area contributed by atoms with Crippen LogP contribution in [0.4, 0.5) is 0 Å². The molecule has 0 radical (unpaired) electrons. The Morgan fingerprint density at radius 1 is 1.29 bits per heavy atom. The Bertz CT molecular complexity index is 357. The van der Waals surface area contributed by atoms with Crippen LogP contribution in [0.1, 0.15) is 26.3 Å². The Kier molecular flexibility index (Phi) is 5.86. The van der Waals surface area contributed by atoms with E-state index in [1.807, 2.05) is 45.0 Å². The molecule has 0 bridgehead atoms. The number of benzene rings is 1. The number of ketones is 1. The molecule has 1 aromatic rings. The minimum Gasteiger partial charge on any atom is -0.370 e. The van der Waals surface area contributed by atoms with Crippen molar-refractivity contribution in [1.82, 2.24) is 0 Å². The molecule has 1 atom stereocenters. The SMILES string of the molecule is CCOC(C(=O)Cc1ccc(Br)cc1)C(C)C. The van der Waals surface area contributed by atoms with Gasteiger partial charge in [0.2, 0.25) is 0 Å². The van der Waals surface area contributed by atoms with Gasteiger partial charge in [0.05, 0.1) is 0 Å². The van der Waals surface area contributed by atoms with Gasteiger partial charge >= 0.3 is 0 Å².